The van der Waals surface area contributed by atoms with E-state index >= 15 is 0 Å². The number of carbonyl (C=O) groups is 3. The smallest absolute Gasteiger partial charge is 0.320 e. The fourth-order valence-corrected chi connectivity index (χ4v) is 4.41. The van der Waals surface area contributed by atoms with Gasteiger partial charge in [0.25, 0.3) is 11.8 Å². The van der Waals surface area contributed by atoms with Crippen LogP contribution in [0.1, 0.15) is 22.8 Å². The normalized spacial score (nSPS) is 16.8. The van der Waals surface area contributed by atoms with Gasteiger partial charge < -0.3 is 15.8 Å². The first-order valence-corrected chi connectivity index (χ1v) is 9.35. The molecule has 2 amide bonds. The van der Waals surface area contributed by atoms with Crippen molar-refractivity contribution in [2.24, 2.45) is 5.73 Å². The van der Waals surface area contributed by atoms with Crippen molar-refractivity contribution in [1.82, 2.24) is 0 Å². The van der Waals surface area contributed by atoms with E-state index in [1.807, 2.05) is 24.3 Å². The van der Waals surface area contributed by atoms with E-state index in [1.165, 1.54) is 36.1 Å². The number of hydrogen-bond donors (Lipinski definition) is 2. The Balaban J connectivity index is 1.58. The number of hydrogen-bond acceptors (Lipinski definition) is 6. The maximum Gasteiger partial charge on any atom is 0.320 e. The molecule has 6 nitrogen and oxygen atoms in total. The van der Waals surface area contributed by atoms with Crippen LogP contribution in [-0.4, -0.2) is 29.1 Å². The summed E-state index contributed by atoms with van der Waals surface area (Å²) in [5, 5.41) is 4.23. The third-order valence-electron chi connectivity index (χ3n) is 3.74. The lowest BCUT2D eigenvalue weighted by atomic mass is 10.1. The van der Waals surface area contributed by atoms with Crippen LogP contribution >= 0.6 is 23.1 Å². The molecule has 130 valence electrons. The topological polar surface area (TPSA) is 98.5 Å². The lowest BCUT2D eigenvalue weighted by Crippen LogP contribution is -2.33. The van der Waals surface area contributed by atoms with E-state index in [-0.39, 0.29) is 10.8 Å². The molecule has 0 bridgehead atoms. The Hall–Kier alpha value is -2.32. The Morgan fingerprint density at radius 2 is 2.04 bits per heavy atom. The lowest BCUT2D eigenvalue weighted by Gasteiger charge is -2.15. The Bertz CT molecular complexity index is 809. The zero-order chi connectivity index (χ0) is 18.0. The molecule has 2 atom stereocenters. The second kappa shape index (κ2) is 7.28. The van der Waals surface area contributed by atoms with Crippen molar-refractivity contribution >= 4 is 45.9 Å². The van der Waals surface area contributed by atoms with Crippen molar-refractivity contribution in [1.29, 1.82) is 0 Å². The number of nitrogens with one attached hydrogen (secondary N) is 1. The number of carbonyl (C=O) groups excluding carboxylic acids is 3. The van der Waals surface area contributed by atoms with Crippen LogP contribution in [0.2, 0.25) is 0 Å². The highest BCUT2D eigenvalue weighted by molar-refractivity contribution is 8.01. The van der Waals surface area contributed by atoms with Gasteiger partial charge in [-0.3, -0.25) is 14.4 Å². The predicted octanol–water partition coefficient (Wildman–Crippen LogP) is 2.43. The quantitative estimate of drug-likeness (QED) is 0.781. The molecule has 25 heavy (non-hydrogen) atoms. The van der Waals surface area contributed by atoms with Crippen LogP contribution in [0.4, 0.5) is 5.00 Å². The van der Waals surface area contributed by atoms with E-state index in [9.17, 15) is 14.4 Å². The van der Waals surface area contributed by atoms with Crippen LogP contribution < -0.4 is 11.1 Å². The number of esters is 1. The number of nitrogens with two attached hydrogens (primary N) is 1. The molecule has 3 rings (SSSR count). The van der Waals surface area contributed by atoms with E-state index in [0.717, 1.165) is 10.5 Å². The SMILES string of the molecule is CC(OC(=O)C1Cc2ccccc2S1)C(=O)Nc1sccc1C(N)=O. The number of fused-ring (bicyclic) bond motifs is 1. The summed E-state index contributed by atoms with van der Waals surface area (Å²) in [6, 6.07) is 9.33. The van der Waals surface area contributed by atoms with Gasteiger partial charge >= 0.3 is 5.97 Å². The fraction of sp³-hybridized carbons (Fsp3) is 0.235. The van der Waals surface area contributed by atoms with Gasteiger partial charge in [0.15, 0.2) is 6.10 Å². The average molecular weight is 376 g/mol. The van der Waals surface area contributed by atoms with Gasteiger partial charge in [-0.05, 0) is 36.4 Å². The predicted molar refractivity (Wildman–Crippen MR) is 96.8 cm³/mol. The minimum atomic E-state index is -0.973. The summed E-state index contributed by atoms with van der Waals surface area (Å²) in [5.41, 5.74) is 6.59. The first kappa shape index (κ1) is 17.5. The minimum absolute atomic E-state index is 0.235. The number of primary amides is 1. The molecule has 1 aliphatic heterocycles. The molecular weight excluding hydrogens is 360 g/mol. The van der Waals surface area contributed by atoms with Gasteiger partial charge in [-0.15, -0.1) is 23.1 Å². The molecule has 0 aliphatic carbocycles. The van der Waals surface area contributed by atoms with Crippen molar-refractivity contribution in [2.45, 2.75) is 29.6 Å². The molecular formula is C17H16N2O4S2. The Morgan fingerprint density at radius 3 is 2.76 bits per heavy atom. The van der Waals surface area contributed by atoms with Crippen LogP contribution in [0, 0.1) is 0 Å². The summed E-state index contributed by atoms with van der Waals surface area (Å²) < 4.78 is 5.29. The van der Waals surface area contributed by atoms with Crippen molar-refractivity contribution in [3.05, 3.63) is 46.8 Å². The standard InChI is InChI=1S/C17H16N2O4S2/c1-9(15(21)19-16-11(14(18)20)6-7-24-16)23-17(22)13-8-10-4-2-3-5-12(10)25-13/h2-7,9,13H,8H2,1H3,(H2,18,20)(H,19,21). The summed E-state index contributed by atoms with van der Waals surface area (Å²) in [4.78, 5) is 36.9. The zero-order valence-corrected chi connectivity index (χ0v) is 15.0. The fourth-order valence-electron chi connectivity index (χ4n) is 2.43. The maximum absolute atomic E-state index is 12.3. The number of benzene rings is 1. The lowest BCUT2D eigenvalue weighted by molar-refractivity contribution is -0.152. The minimum Gasteiger partial charge on any atom is -0.452 e. The molecule has 0 saturated heterocycles. The van der Waals surface area contributed by atoms with Gasteiger partial charge in [-0.1, -0.05) is 18.2 Å². The highest BCUT2D eigenvalue weighted by atomic mass is 32.2. The van der Waals surface area contributed by atoms with Crippen molar-refractivity contribution < 1.29 is 19.1 Å². The van der Waals surface area contributed by atoms with E-state index in [0.29, 0.717) is 11.4 Å². The number of anilines is 1. The van der Waals surface area contributed by atoms with Crippen LogP contribution in [0.5, 0.6) is 0 Å². The second-order valence-electron chi connectivity index (χ2n) is 5.51. The highest BCUT2D eigenvalue weighted by Crippen LogP contribution is 2.37. The van der Waals surface area contributed by atoms with Crippen molar-refractivity contribution in [3.63, 3.8) is 0 Å². The zero-order valence-electron chi connectivity index (χ0n) is 13.4. The maximum atomic E-state index is 12.3. The molecule has 0 fully saturated rings. The third-order valence-corrected chi connectivity index (χ3v) is 5.87. The first-order valence-electron chi connectivity index (χ1n) is 7.59. The number of thiophene rings is 1. The molecule has 3 N–H and O–H groups in total. The van der Waals surface area contributed by atoms with Crippen LogP contribution in [0.25, 0.3) is 0 Å². The summed E-state index contributed by atoms with van der Waals surface area (Å²) in [6.45, 7) is 1.50. The summed E-state index contributed by atoms with van der Waals surface area (Å²) in [6.07, 6.45) is -0.385. The van der Waals surface area contributed by atoms with Crippen molar-refractivity contribution in [2.75, 3.05) is 5.32 Å². The molecule has 2 aromatic rings. The average Bonchev–Trinajstić information content (AvgIpc) is 3.20. The van der Waals surface area contributed by atoms with E-state index in [2.05, 4.69) is 5.32 Å². The summed E-state index contributed by atoms with van der Waals surface area (Å²) in [5.74, 6) is -1.55. The number of thioether (sulfide) groups is 1. The van der Waals surface area contributed by atoms with Gasteiger partial charge in [0.1, 0.15) is 10.3 Å². The van der Waals surface area contributed by atoms with Gasteiger partial charge in [0, 0.05) is 4.90 Å². The number of amides is 2. The molecule has 1 aromatic carbocycles. The monoisotopic (exact) mass is 376 g/mol. The first-order chi connectivity index (χ1) is 12.0. The molecule has 2 unspecified atom stereocenters. The number of ether oxygens (including phenoxy) is 1. The molecule has 1 aliphatic rings. The molecule has 0 saturated carbocycles. The highest BCUT2D eigenvalue weighted by Gasteiger charge is 2.31. The molecule has 0 radical (unpaired) electrons. The Morgan fingerprint density at radius 1 is 1.28 bits per heavy atom. The van der Waals surface area contributed by atoms with Gasteiger partial charge in [0.05, 0.1) is 5.56 Å². The van der Waals surface area contributed by atoms with E-state index in [4.69, 9.17) is 10.5 Å². The molecule has 2 heterocycles. The van der Waals surface area contributed by atoms with Crippen molar-refractivity contribution in [3.8, 4) is 0 Å². The van der Waals surface area contributed by atoms with Gasteiger partial charge in [0.2, 0.25) is 0 Å². The van der Waals surface area contributed by atoms with Gasteiger partial charge in [-0.25, -0.2) is 0 Å². The Kier molecular flexibility index (Phi) is 5.10. The molecule has 1 aromatic heterocycles. The Labute approximate surface area is 152 Å². The second-order valence-corrected chi connectivity index (χ2v) is 7.68. The summed E-state index contributed by atoms with van der Waals surface area (Å²) >= 11 is 2.63. The van der Waals surface area contributed by atoms with Crippen LogP contribution in [0.3, 0.4) is 0 Å². The van der Waals surface area contributed by atoms with Gasteiger partial charge in [-0.2, -0.15) is 0 Å². The van der Waals surface area contributed by atoms with Crippen LogP contribution in [-0.2, 0) is 20.7 Å². The number of rotatable bonds is 5. The molecule has 8 heteroatoms. The summed E-state index contributed by atoms with van der Waals surface area (Å²) in [7, 11) is 0. The van der Waals surface area contributed by atoms with E-state index < -0.39 is 23.9 Å². The third kappa shape index (κ3) is 3.85. The largest absolute Gasteiger partial charge is 0.452 e. The van der Waals surface area contributed by atoms with Crippen LogP contribution in [0.15, 0.2) is 40.6 Å². The molecule has 0 spiro atoms. The van der Waals surface area contributed by atoms with E-state index in [1.54, 1.807) is 5.38 Å².